The van der Waals surface area contributed by atoms with Crippen LogP contribution in [-0.2, 0) is 17.1 Å². The number of alkyl halides is 2. The van der Waals surface area contributed by atoms with Crippen LogP contribution >= 0.6 is 0 Å². The summed E-state index contributed by atoms with van der Waals surface area (Å²) in [5.41, 5.74) is 1.07. The average Bonchev–Trinajstić information content (AvgIpc) is 2.82. The third-order valence-corrected chi connectivity index (χ3v) is 7.02. The molecule has 0 unspecified atom stereocenters. The Morgan fingerprint density at radius 2 is 1.91 bits per heavy atom. The highest BCUT2D eigenvalue weighted by Crippen LogP contribution is 2.40. The van der Waals surface area contributed by atoms with Gasteiger partial charge in [0.25, 0.3) is 0 Å². The lowest BCUT2D eigenvalue weighted by Crippen LogP contribution is -2.45. The summed E-state index contributed by atoms with van der Waals surface area (Å²) in [6, 6.07) is 0. The van der Waals surface area contributed by atoms with Crippen LogP contribution in [0.25, 0.3) is 0 Å². The predicted molar refractivity (Wildman–Crippen MR) is 81.5 cm³/mol. The molecule has 9 heteroatoms. The Hall–Kier alpha value is -1.38. The van der Waals surface area contributed by atoms with Gasteiger partial charge in [-0.25, -0.2) is 21.9 Å². The second-order valence-corrected chi connectivity index (χ2v) is 8.34. The molecule has 0 atom stereocenters. The van der Waals surface area contributed by atoms with Crippen LogP contribution in [0, 0.1) is 12.8 Å². The molecule has 1 fully saturated rings. The molecule has 0 saturated heterocycles. The number of fused-ring (bicyclic) bond motifs is 1. The van der Waals surface area contributed by atoms with Crippen LogP contribution < -0.4 is 9.04 Å². The smallest absolute Gasteiger partial charge is 0.241 e. The van der Waals surface area contributed by atoms with Gasteiger partial charge in [-0.1, -0.05) is 0 Å². The van der Waals surface area contributed by atoms with Gasteiger partial charge >= 0.3 is 0 Å². The van der Waals surface area contributed by atoms with Gasteiger partial charge < -0.3 is 4.74 Å². The molecule has 0 spiro atoms. The van der Waals surface area contributed by atoms with Crippen molar-refractivity contribution in [1.82, 2.24) is 9.78 Å². The molecule has 1 saturated carbocycles. The van der Waals surface area contributed by atoms with E-state index in [1.54, 1.807) is 14.0 Å². The molecule has 1 aliphatic heterocycles. The standard InChI is InChI=1S/C14H21F2N3O3S/c1-9-12-14(18(2)17-9)22-8-7-19(12)23(20,21)11-5-3-10(4-6-11)13(15)16/h10-11,13H,3-8H2,1-2H3. The Kier molecular flexibility index (Phi) is 4.24. The van der Waals surface area contributed by atoms with E-state index in [9.17, 15) is 17.2 Å². The van der Waals surface area contributed by atoms with Gasteiger partial charge in [-0.3, -0.25) is 4.31 Å². The Morgan fingerprint density at radius 1 is 1.26 bits per heavy atom. The minimum absolute atomic E-state index is 0.233. The lowest BCUT2D eigenvalue weighted by molar-refractivity contribution is 0.0567. The van der Waals surface area contributed by atoms with Crippen molar-refractivity contribution >= 4 is 15.7 Å². The van der Waals surface area contributed by atoms with E-state index in [1.165, 1.54) is 8.99 Å². The quantitative estimate of drug-likeness (QED) is 0.838. The van der Waals surface area contributed by atoms with E-state index in [0.29, 0.717) is 17.3 Å². The number of sulfonamides is 1. The molecule has 0 bridgehead atoms. The maximum Gasteiger partial charge on any atom is 0.241 e. The summed E-state index contributed by atoms with van der Waals surface area (Å²) in [6.07, 6.45) is -1.29. The van der Waals surface area contributed by atoms with Crippen molar-refractivity contribution < 1.29 is 21.9 Å². The van der Waals surface area contributed by atoms with Crippen molar-refractivity contribution in [3.63, 3.8) is 0 Å². The number of halogens is 2. The molecule has 3 rings (SSSR count). The first kappa shape index (κ1) is 16.5. The summed E-state index contributed by atoms with van der Waals surface area (Å²) in [4.78, 5) is 0. The van der Waals surface area contributed by atoms with Gasteiger partial charge in [0.2, 0.25) is 22.3 Å². The molecule has 2 heterocycles. The van der Waals surface area contributed by atoms with Crippen molar-refractivity contribution in [3.05, 3.63) is 5.69 Å². The summed E-state index contributed by atoms with van der Waals surface area (Å²) in [7, 11) is -1.90. The molecule has 0 aromatic carbocycles. The molecular weight excluding hydrogens is 328 g/mol. The second kappa shape index (κ2) is 5.92. The molecule has 1 aliphatic carbocycles. The van der Waals surface area contributed by atoms with E-state index in [1.807, 2.05) is 0 Å². The van der Waals surface area contributed by atoms with Gasteiger partial charge in [0, 0.05) is 13.0 Å². The lowest BCUT2D eigenvalue weighted by atomic mass is 9.89. The van der Waals surface area contributed by atoms with Gasteiger partial charge in [0.1, 0.15) is 12.3 Å². The highest BCUT2D eigenvalue weighted by atomic mass is 32.2. The van der Waals surface area contributed by atoms with Gasteiger partial charge in [-0.2, -0.15) is 5.10 Å². The maximum absolute atomic E-state index is 13.0. The minimum Gasteiger partial charge on any atom is -0.474 e. The fourth-order valence-electron chi connectivity index (χ4n) is 3.48. The van der Waals surface area contributed by atoms with Crippen molar-refractivity contribution in [2.24, 2.45) is 13.0 Å². The number of nitrogens with zero attached hydrogens (tertiary/aromatic N) is 3. The molecular formula is C14H21F2N3O3S. The normalized spacial score (nSPS) is 25.3. The Labute approximate surface area is 134 Å². The summed E-state index contributed by atoms with van der Waals surface area (Å²) in [6.45, 7) is 2.23. The first-order valence-corrected chi connectivity index (χ1v) is 9.28. The summed E-state index contributed by atoms with van der Waals surface area (Å²) in [5, 5.41) is 3.61. The van der Waals surface area contributed by atoms with E-state index in [-0.39, 0.29) is 38.8 Å². The average molecular weight is 349 g/mol. The largest absolute Gasteiger partial charge is 0.474 e. The minimum atomic E-state index is -3.60. The summed E-state index contributed by atoms with van der Waals surface area (Å²) in [5.74, 6) is -0.236. The highest BCUT2D eigenvalue weighted by molar-refractivity contribution is 7.93. The Morgan fingerprint density at radius 3 is 2.52 bits per heavy atom. The molecule has 1 aromatic rings. The molecule has 130 valence electrons. The fourth-order valence-corrected chi connectivity index (χ4v) is 5.51. The van der Waals surface area contributed by atoms with Crippen LogP contribution in [0.1, 0.15) is 31.4 Å². The van der Waals surface area contributed by atoms with Crippen molar-refractivity contribution in [2.45, 2.75) is 44.3 Å². The summed E-state index contributed by atoms with van der Waals surface area (Å²) >= 11 is 0. The SMILES string of the molecule is Cc1nn(C)c2c1N(S(=O)(=O)C1CCC(C(F)F)CC1)CCO2. The van der Waals surface area contributed by atoms with E-state index in [4.69, 9.17) is 4.74 Å². The number of rotatable bonds is 3. The molecule has 0 radical (unpaired) electrons. The van der Waals surface area contributed by atoms with Crippen LogP contribution in [0.2, 0.25) is 0 Å². The van der Waals surface area contributed by atoms with Crippen molar-refractivity contribution in [1.29, 1.82) is 0 Å². The fraction of sp³-hybridized carbons (Fsp3) is 0.786. The van der Waals surface area contributed by atoms with E-state index in [2.05, 4.69) is 5.10 Å². The number of ether oxygens (including phenoxy) is 1. The molecule has 6 nitrogen and oxygen atoms in total. The van der Waals surface area contributed by atoms with Crippen molar-refractivity contribution in [2.75, 3.05) is 17.5 Å². The van der Waals surface area contributed by atoms with Gasteiger partial charge in [0.05, 0.1) is 17.5 Å². The van der Waals surface area contributed by atoms with Crippen molar-refractivity contribution in [3.8, 4) is 5.88 Å². The third-order valence-electron chi connectivity index (χ3n) is 4.73. The Bertz CT molecular complexity index is 682. The molecule has 1 aromatic heterocycles. The molecule has 23 heavy (non-hydrogen) atoms. The topological polar surface area (TPSA) is 64.4 Å². The number of anilines is 1. The first-order valence-electron chi connectivity index (χ1n) is 7.78. The monoisotopic (exact) mass is 349 g/mol. The number of aryl methyl sites for hydroxylation is 2. The van der Waals surface area contributed by atoms with Gasteiger partial charge in [-0.15, -0.1) is 0 Å². The van der Waals surface area contributed by atoms with Crippen LogP contribution in [0.5, 0.6) is 5.88 Å². The third kappa shape index (κ3) is 2.79. The molecule has 0 N–H and O–H groups in total. The number of hydrogen-bond donors (Lipinski definition) is 0. The number of hydrogen-bond acceptors (Lipinski definition) is 4. The second-order valence-electron chi connectivity index (χ2n) is 6.20. The maximum atomic E-state index is 13.0. The van der Waals surface area contributed by atoms with Crippen LogP contribution in [0.15, 0.2) is 0 Å². The number of aromatic nitrogens is 2. The van der Waals surface area contributed by atoms with E-state index in [0.717, 1.165) is 0 Å². The van der Waals surface area contributed by atoms with Crippen LogP contribution in [0.4, 0.5) is 14.5 Å². The molecule has 2 aliphatic rings. The van der Waals surface area contributed by atoms with E-state index < -0.39 is 27.6 Å². The predicted octanol–water partition coefficient (Wildman–Crippen LogP) is 2.08. The first-order chi connectivity index (χ1) is 10.8. The van der Waals surface area contributed by atoms with E-state index >= 15 is 0 Å². The highest BCUT2D eigenvalue weighted by Gasteiger charge is 2.41. The van der Waals surface area contributed by atoms with Gasteiger partial charge in [-0.05, 0) is 32.6 Å². The van der Waals surface area contributed by atoms with Crippen LogP contribution in [-0.4, -0.2) is 43.0 Å². The lowest BCUT2D eigenvalue weighted by Gasteiger charge is -2.35. The van der Waals surface area contributed by atoms with Crippen LogP contribution in [0.3, 0.4) is 0 Å². The zero-order valence-corrected chi connectivity index (χ0v) is 14.0. The zero-order chi connectivity index (χ0) is 16.8. The zero-order valence-electron chi connectivity index (χ0n) is 13.2. The Balaban J connectivity index is 1.85. The summed E-state index contributed by atoms with van der Waals surface area (Å²) < 4.78 is 59.9. The van der Waals surface area contributed by atoms with Gasteiger partial charge in [0.15, 0.2) is 0 Å². The molecule has 0 amide bonds.